The number of ether oxygens (including phenoxy) is 1. The van der Waals surface area contributed by atoms with Gasteiger partial charge in [-0.05, 0) is 18.6 Å². The van der Waals surface area contributed by atoms with Crippen molar-refractivity contribution in [2.45, 2.75) is 6.42 Å². The van der Waals surface area contributed by atoms with Crippen LogP contribution in [0, 0.1) is 0 Å². The van der Waals surface area contributed by atoms with Gasteiger partial charge in [0.15, 0.2) is 0 Å². The second-order valence-electron chi connectivity index (χ2n) is 4.32. The second kappa shape index (κ2) is 6.06. The Labute approximate surface area is 117 Å². The van der Waals surface area contributed by atoms with Crippen molar-refractivity contribution in [1.29, 1.82) is 0 Å². The zero-order valence-electron chi connectivity index (χ0n) is 11.2. The summed E-state index contributed by atoms with van der Waals surface area (Å²) in [4.78, 5) is 11.2. The highest BCUT2D eigenvalue weighted by atomic mass is 16.5. The van der Waals surface area contributed by atoms with E-state index in [-0.39, 0.29) is 5.56 Å². The van der Waals surface area contributed by atoms with Crippen LogP contribution in [0.5, 0.6) is 5.75 Å². The molecule has 0 amide bonds. The summed E-state index contributed by atoms with van der Waals surface area (Å²) in [6.07, 6.45) is 4.03. The zero-order valence-corrected chi connectivity index (χ0v) is 11.2. The third-order valence-electron chi connectivity index (χ3n) is 2.76. The molecule has 0 aliphatic heterocycles. The second-order valence-corrected chi connectivity index (χ2v) is 4.32. The molecule has 2 rings (SSSR count). The number of aromatic carboxylic acids is 1. The van der Waals surface area contributed by atoms with Crippen molar-refractivity contribution < 1.29 is 14.6 Å². The highest BCUT2D eigenvalue weighted by Gasteiger charge is 2.16. The number of benzene rings is 1. The summed E-state index contributed by atoms with van der Waals surface area (Å²) in [5, 5.41) is 13.4. The first-order valence-corrected chi connectivity index (χ1v) is 6.23. The first kappa shape index (κ1) is 13.9. The molecule has 0 radical (unpaired) electrons. The van der Waals surface area contributed by atoms with Gasteiger partial charge in [0.25, 0.3) is 0 Å². The van der Waals surface area contributed by atoms with Gasteiger partial charge in [0.1, 0.15) is 17.0 Å². The van der Waals surface area contributed by atoms with Crippen LogP contribution in [0.2, 0.25) is 0 Å². The van der Waals surface area contributed by atoms with Crippen LogP contribution in [0.4, 0.5) is 0 Å². The standard InChI is InChI=1S/C15H16N2O3/c1-3-4-8-20-12-7-5-6-11(9-12)14-13(15(18)19)10-17(2)16-14/h3,5-7,9-10H,1,4,8H2,2H3,(H,18,19). The minimum Gasteiger partial charge on any atom is -0.493 e. The summed E-state index contributed by atoms with van der Waals surface area (Å²) in [6.45, 7) is 4.18. The number of rotatable bonds is 6. The van der Waals surface area contributed by atoms with Gasteiger partial charge in [0, 0.05) is 18.8 Å². The molecule has 1 N–H and O–H groups in total. The molecule has 0 saturated heterocycles. The molecule has 0 unspecified atom stereocenters. The number of carbonyl (C=O) groups is 1. The van der Waals surface area contributed by atoms with Gasteiger partial charge in [0.05, 0.1) is 6.61 Å². The molecule has 0 bridgehead atoms. The van der Waals surface area contributed by atoms with Gasteiger partial charge in [0.2, 0.25) is 0 Å². The Bertz CT molecular complexity index is 632. The molecular weight excluding hydrogens is 256 g/mol. The molecule has 1 heterocycles. The third-order valence-corrected chi connectivity index (χ3v) is 2.76. The molecule has 104 valence electrons. The normalized spacial score (nSPS) is 10.2. The number of carboxylic acids is 1. The van der Waals surface area contributed by atoms with E-state index in [4.69, 9.17) is 4.74 Å². The van der Waals surface area contributed by atoms with Gasteiger partial charge >= 0.3 is 5.97 Å². The van der Waals surface area contributed by atoms with Gasteiger partial charge in [-0.1, -0.05) is 18.2 Å². The van der Waals surface area contributed by atoms with Crippen LogP contribution in [0.1, 0.15) is 16.8 Å². The molecule has 2 aromatic rings. The maximum absolute atomic E-state index is 11.2. The Morgan fingerprint density at radius 3 is 3.05 bits per heavy atom. The summed E-state index contributed by atoms with van der Waals surface area (Å²) in [7, 11) is 1.69. The molecule has 0 aliphatic carbocycles. The molecule has 20 heavy (non-hydrogen) atoms. The molecular formula is C15H16N2O3. The van der Waals surface area contributed by atoms with Crippen LogP contribution >= 0.6 is 0 Å². The molecule has 5 heteroatoms. The summed E-state index contributed by atoms with van der Waals surface area (Å²) in [5.41, 5.74) is 1.34. The topological polar surface area (TPSA) is 64.4 Å². The predicted octanol–water partition coefficient (Wildman–Crippen LogP) is 2.74. The molecule has 0 atom stereocenters. The highest BCUT2D eigenvalue weighted by Crippen LogP contribution is 2.25. The van der Waals surface area contributed by atoms with Crippen molar-refractivity contribution >= 4 is 5.97 Å². The van der Waals surface area contributed by atoms with E-state index in [2.05, 4.69) is 11.7 Å². The van der Waals surface area contributed by atoms with Crippen LogP contribution in [-0.4, -0.2) is 27.5 Å². The molecule has 0 fully saturated rings. The van der Waals surface area contributed by atoms with Crippen molar-refractivity contribution in [3.8, 4) is 17.0 Å². The van der Waals surface area contributed by atoms with Crippen molar-refractivity contribution in [1.82, 2.24) is 9.78 Å². The van der Waals surface area contributed by atoms with Crippen LogP contribution in [0.15, 0.2) is 43.1 Å². The lowest BCUT2D eigenvalue weighted by molar-refractivity contribution is 0.0697. The fourth-order valence-electron chi connectivity index (χ4n) is 1.85. The summed E-state index contributed by atoms with van der Waals surface area (Å²) < 4.78 is 7.05. The number of hydrogen-bond donors (Lipinski definition) is 1. The molecule has 5 nitrogen and oxygen atoms in total. The van der Waals surface area contributed by atoms with E-state index in [0.717, 1.165) is 12.0 Å². The summed E-state index contributed by atoms with van der Waals surface area (Å²) in [5.74, 6) is -0.308. The van der Waals surface area contributed by atoms with E-state index in [1.807, 2.05) is 18.2 Å². The Hall–Kier alpha value is -2.56. The van der Waals surface area contributed by atoms with E-state index in [9.17, 15) is 9.90 Å². The fraction of sp³-hybridized carbons (Fsp3) is 0.200. The smallest absolute Gasteiger partial charge is 0.339 e. The number of hydrogen-bond acceptors (Lipinski definition) is 3. The van der Waals surface area contributed by atoms with Gasteiger partial charge in [-0.15, -0.1) is 6.58 Å². The van der Waals surface area contributed by atoms with Gasteiger partial charge in [-0.2, -0.15) is 5.10 Å². The van der Waals surface area contributed by atoms with Gasteiger partial charge < -0.3 is 9.84 Å². The monoisotopic (exact) mass is 272 g/mol. The Morgan fingerprint density at radius 1 is 1.55 bits per heavy atom. The van der Waals surface area contributed by atoms with Crippen molar-refractivity contribution in [2.24, 2.45) is 7.05 Å². The van der Waals surface area contributed by atoms with Crippen LogP contribution in [0.3, 0.4) is 0 Å². The predicted molar refractivity (Wildman–Crippen MR) is 75.9 cm³/mol. The maximum atomic E-state index is 11.2. The van der Waals surface area contributed by atoms with E-state index >= 15 is 0 Å². The van der Waals surface area contributed by atoms with Crippen LogP contribution in [-0.2, 0) is 7.05 Å². The first-order valence-electron chi connectivity index (χ1n) is 6.23. The lowest BCUT2D eigenvalue weighted by Crippen LogP contribution is -1.98. The fourth-order valence-corrected chi connectivity index (χ4v) is 1.85. The van der Waals surface area contributed by atoms with E-state index in [0.29, 0.717) is 18.1 Å². The average Bonchev–Trinajstić information content (AvgIpc) is 2.82. The zero-order chi connectivity index (χ0) is 14.5. The van der Waals surface area contributed by atoms with E-state index in [1.165, 1.54) is 10.9 Å². The molecule has 1 aromatic heterocycles. The maximum Gasteiger partial charge on any atom is 0.339 e. The minimum atomic E-state index is -0.994. The van der Waals surface area contributed by atoms with Crippen LogP contribution in [0.25, 0.3) is 11.3 Å². The molecule has 1 aromatic carbocycles. The highest BCUT2D eigenvalue weighted by molar-refractivity contribution is 5.94. The number of aryl methyl sites for hydroxylation is 1. The lowest BCUT2D eigenvalue weighted by Gasteiger charge is -2.06. The molecule has 0 spiro atoms. The van der Waals surface area contributed by atoms with Crippen molar-refractivity contribution in [2.75, 3.05) is 6.61 Å². The Balaban J connectivity index is 2.31. The Kier molecular flexibility index (Phi) is 4.20. The van der Waals surface area contributed by atoms with E-state index in [1.54, 1.807) is 19.2 Å². The lowest BCUT2D eigenvalue weighted by atomic mass is 10.1. The van der Waals surface area contributed by atoms with Crippen molar-refractivity contribution in [3.63, 3.8) is 0 Å². The minimum absolute atomic E-state index is 0.177. The van der Waals surface area contributed by atoms with Gasteiger partial charge in [-0.25, -0.2) is 4.79 Å². The molecule has 0 aliphatic rings. The number of carboxylic acid groups (broad SMARTS) is 1. The van der Waals surface area contributed by atoms with Gasteiger partial charge in [-0.3, -0.25) is 4.68 Å². The SMILES string of the molecule is C=CCCOc1cccc(-c2nn(C)cc2C(=O)O)c1. The third kappa shape index (κ3) is 3.06. The summed E-state index contributed by atoms with van der Waals surface area (Å²) in [6, 6.07) is 7.25. The quantitative estimate of drug-likeness (QED) is 0.648. The van der Waals surface area contributed by atoms with Crippen molar-refractivity contribution in [3.05, 3.63) is 48.7 Å². The number of aromatic nitrogens is 2. The average molecular weight is 272 g/mol. The molecule has 0 saturated carbocycles. The summed E-state index contributed by atoms with van der Waals surface area (Å²) >= 11 is 0. The first-order chi connectivity index (χ1) is 9.61. The number of nitrogens with zero attached hydrogens (tertiary/aromatic N) is 2. The van der Waals surface area contributed by atoms with Crippen LogP contribution < -0.4 is 4.74 Å². The largest absolute Gasteiger partial charge is 0.493 e. The van der Waals surface area contributed by atoms with E-state index < -0.39 is 5.97 Å². The Morgan fingerprint density at radius 2 is 2.35 bits per heavy atom.